The zero-order valence-corrected chi connectivity index (χ0v) is 17.6. The van der Waals surface area contributed by atoms with Crippen LogP contribution in [0.25, 0.3) is 5.76 Å². The molecule has 180 valence electrons. The monoisotopic (exact) mass is 480 g/mol. The van der Waals surface area contributed by atoms with Gasteiger partial charge in [0.15, 0.2) is 12.5 Å². The quantitative estimate of drug-likeness (QED) is 0.517. The SMILES string of the molecule is CC.CN(C(=O)Oc1c(C2=CNCO2)cc(C(F)(F)F)cc1C(F)(F)F)c1ccc(F)cc1. The summed E-state index contributed by atoms with van der Waals surface area (Å²) in [6.07, 6.45) is -10.7. The molecule has 1 heterocycles. The fourth-order valence-electron chi connectivity index (χ4n) is 2.67. The number of nitrogens with zero attached hydrogens (tertiary/aromatic N) is 1. The lowest BCUT2D eigenvalue weighted by atomic mass is 10.0. The zero-order chi connectivity index (χ0) is 25.0. The Morgan fingerprint density at radius 1 is 1.03 bits per heavy atom. The third kappa shape index (κ3) is 6.08. The van der Waals surface area contributed by atoms with E-state index < -0.39 is 46.7 Å². The van der Waals surface area contributed by atoms with Crippen molar-refractivity contribution in [2.45, 2.75) is 26.2 Å². The first kappa shape index (κ1) is 25.8. The molecule has 0 unspecified atom stereocenters. The molecule has 0 aromatic heterocycles. The minimum Gasteiger partial charge on any atom is -0.471 e. The standard InChI is InChI=1S/C19H13F7N2O3.C2H6/c1-28(12-4-2-11(20)3-5-12)17(29)31-16-13(15-8-27-9-30-15)6-10(18(21,22)23)7-14(16)19(24,25)26;1-2/h2-8,27H,9H2,1H3;1-2H3. The van der Waals surface area contributed by atoms with E-state index in [9.17, 15) is 35.5 Å². The van der Waals surface area contributed by atoms with E-state index in [1.807, 2.05) is 13.8 Å². The number of rotatable bonds is 3. The van der Waals surface area contributed by atoms with E-state index in [4.69, 9.17) is 9.47 Å². The summed E-state index contributed by atoms with van der Waals surface area (Å²) in [7, 11) is 1.14. The number of anilines is 1. The van der Waals surface area contributed by atoms with Crippen LogP contribution in [-0.4, -0.2) is 19.9 Å². The molecule has 2 aromatic rings. The Morgan fingerprint density at radius 2 is 1.64 bits per heavy atom. The van der Waals surface area contributed by atoms with Crippen LogP contribution >= 0.6 is 0 Å². The maximum atomic E-state index is 13.6. The maximum absolute atomic E-state index is 13.6. The number of hydrogen-bond acceptors (Lipinski definition) is 4. The van der Waals surface area contributed by atoms with Crippen LogP contribution in [0.3, 0.4) is 0 Å². The fourth-order valence-corrected chi connectivity index (χ4v) is 2.67. The molecule has 0 spiro atoms. The van der Waals surface area contributed by atoms with Gasteiger partial charge < -0.3 is 14.8 Å². The number of hydrogen-bond donors (Lipinski definition) is 1. The molecule has 1 aliphatic rings. The highest BCUT2D eigenvalue weighted by atomic mass is 19.4. The molecule has 1 aliphatic heterocycles. The van der Waals surface area contributed by atoms with E-state index in [0.29, 0.717) is 6.07 Å². The molecule has 0 saturated heterocycles. The van der Waals surface area contributed by atoms with Crippen LogP contribution in [0.5, 0.6) is 5.75 Å². The van der Waals surface area contributed by atoms with Crippen LogP contribution in [0, 0.1) is 5.82 Å². The normalized spacial score (nSPS) is 13.2. The topological polar surface area (TPSA) is 50.8 Å². The van der Waals surface area contributed by atoms with Gasteiger partial charge in [-0.15, -0.1) is 0 Å². The van der Waals surface area contributed by atoms with Gasteiger partial charge >= 0.3 is 18.4 Å². The molecule has 5 nitrogen and oxygen atoms in total. The molecular formula is C21H19F7N2O3. The number of halogens is 7. The molecule has 33 heavy (non-hydrogen) atoms. The Kier molecular flexibility index (Phi) is 7.83. The van der Waals surface area contributed by atoms with Gasteiger partial charge in [0.1, 0.15) is 11.6 Å². The summed E-state index contributed by atoms with van der Waals surface area (Å²) in [5.41, 5.74) is -4.05. The molecule has 0 atom stereocenters. The van der Waals surface area contributed by atoms with Crippen LogP contribution in [-0.2, 0) is 17.1 Å². The van der Waals surface area contributed by atoms with E-state index >= 15 is 0 Å². The second-order valence-corrected chi connectivity index (χ2v) is 6.30. The maximum Gasteiger partial charge on any atom is 0.420 e. The molecule has 0 radical (unpaired) electrons. The molecule has 0 aliphatic carbocycles. The number of amides is 1. The van der Waals surface area contributed by atoms with Crippen LogP contribution in [0.1, 0.15) is 30.5 Å². The minimum atomic E-state index is -5.29. The number of carbonyl (C=O) groups is 1. The summed E-state index contributed by atoms with van der Waals surface area (Å²) in [4.78, 5) is 13.2. The van der Waals surface area contributed by atoms with Crippen LogP contribution in [0.15, 0.2) is 42.6 Å². The lowest BCUT2D eigenvalue weighted by Gasteiger charge is -2.22. The van der Waals surface area contributed by atoms with E-state index in [1.165, 1.54) is 12.1 Å². The average molecular weight is 480 g/mol. The Bertz CT molecular complexity index is 1020. The smallest absolute Gasteiger partial charge is 0.420 e. The van der Waals surface area contributed by atoms with Gasteiger partial charge in [-0.1, -0.05) is 13.8 Å². The molecule has 0 bridgehead atoms. The molecule has 0 fully saturated rings. The van der Waals surface area contributed by atoms with Crippen LogP contribution in [0.2, 0.25) is 0 Å². The first-order valence-corrected chi connectivity index (χ1v) is 9.48. The predicted molar refractivity (Wildman–Crippen MR) is 106 cm³/mol. The highest BCUT2D eigenvalue weighted by Gasteiger charge is 2.42. The highest BCUT2D eigenvalue weighted by Crippen LogP contribution is 2.45. The van der Waals surface area contributed by atoms with E-state index in [1.54, 1.807) is 0 Å². The number of alkyl halides is 6. The van der Waals surface area contributed by atoms with E-state index in [0.717, 1.165) is 30.3 Å². The number of ether oxygens (including phenoxy) is 2. The number of nitrogens with one attached hydrogen (secondary N) is 1. The summed E-state index contributed by atoms with van der Waals surface area (Å²) in [5, 5.41) is 2.49. The van der Waals surface area contributed by atoms with Gasteiger partial charge in [-0.05, 0) is 36.4 Å². The van der Waals surface area contributed by atoms with Crippen LogP contribution in [0.4, 0.5) is 41.2 Å². The van der Waals surface area contributed by atoms with Crippen molar-refractivity contribution in [3.8, 4) is 5.75 Å². The third-order valence-electron chi connectivity index (χ3n) is 4.21. The van der Waals surface area contributed by atoms with Gasteiger partial charge in [-0.25, -0.2) is 9.18 Å². The van der Waals surface area contributed by atoms with Gasteiger partial charge in [0.05, 0.1) is 16.7 Å². The number of benzene rings is 2. The van der Waals surface area contributed by atoms with Gasteiger partial charge in [0.2, 0.25) is 0 Å². The first-order chi connectivity index (χ1) is 15.4. The van der Waals surface area contributed by atoms with Crippen molar-refractivity contribution in [2.24, 2.45) is 0 Å². The van der Waals surface area contributed by atoms with Crippen molar-refractivity contribution in [2.75, 3.05) is 18.7 Å². The van der Waals surface area contributed by atoms with E-state index in [2.05, 4.69) is 5.32 Å². The van der Waals surface area contributed by atoms with Gasteiger partial charge in [-0.2, -0.15) is 26.3 Å². The predicted octanol–water partition coefficient (Wildman–Crippen LogP) is 6.40. The Balaban J connectivity index is 0.00000187. The fraction of sp³-hybridized carbons (Fsp3) is 0.286. The zero-order valence-electron chi connectivity index (χ0n) is 17.6. The Hall–Kier alpha value is -3.44. The van der Waals surface area contributed by atoms with Crippen molar-refractivity contribution in [1.29, 1.82) is 0 Å². The minimum absolute atomic E-state index is 0.0754. The first-order valence-electron chi connectivity index (χ1n) is 9.48. The summed E-state index contributed by atoms with van der Waals surface area (Å²) in [6.45, 7) is 3.80. The molecule has 12 heteroatoms. The van der Waals surface area contributed by atoms with E-state index in [-0.39, 0.29) is 24.2 Å². The molecule has 1 N–H and O–H groups in total. The average Bonchev–Trinajstić information content (AvgIpc) is 3.28. The third-order valence-corrected chi connectivity index (χ3v) is 4.21. The summed E-state index contributed by atoms with van der Waals surface area (Å²) in [5.74, 6) is -2.15. The van der Waals surface area contributed by atoms with Crippen molar-refractivity contribution < 1.29 is 45.0 Å². The summed E-state index contributed by atoms with van der Waals surface area (Å²) in [6, 6.07) is 4.60. The van der Waals surface area contributed by atoms with Gasteiger partial charge in [-0.3, -0.25) is 4.90 Å². The van der Waals surface area contributed by atoms with Crippen molar-refractivity contribution in [3.05, 3.63) is 65.1 Å². The van der Waals surface area contributed by atoms with Gasteiger partial charge in [0, 0.05) is 18.9 Å². The number of carbonyl (C=O) groups excluding carboxylic acids is 1. The molecule has 3 rings (SSSR count). The molecule has 0 saturated carbocycles. The Labute approximate surface area is 184 Å². The molecular weight excluding hydrogens is 461 g/mol. The molecule has 1 amide bonds. The lowest BCUT2D eigenvalue weighted by molar-refractivity contribution is -0.143. The van der Waals surface area contributed by atoms with Crippen molar-refractivity contribution in [3.63, 3.8) is 0 Å². The Morgan fingerprint density at radius 3 is 2.12 bits per heavy atom. The summed E-state index contributed by atoms with van der Waals surface area (Å²) < 4.78 is 103. The second-order valence-electron chi connectivity index (χ2n) is 6.30. The largest absolute Gasteiger partial charge is 0.471 e. The highest BCUT2D eigenvalue weighted by molar-refractivity contribution is 5.89. The van der Waals surface area contributed by atoms with Crippen LogP contribution < -0.4 is 15.0 Å². The second kappa shape index (κ2) is 10.0. The lowest BCUT2D eigenvalue weighted by Crippen LogP contribution is -2.30. The van der Waals surface area contributed by atoms with Gasteiger partial charge in [0.25, 0.3) is 0 Å². The summed E-state index contributed by atoms with van der Waals surface area (Å²) >= 11 is 0. The molecule has 2 aromatic carbocycles. The van der Waals surface area contributed by atoms with Crippen molar-refractivity contribution >= 4 is 17.5 Å². The van der Waals surface area contributed by atoms with Crippen molar-refractivity contribution in [1.82, 2.24) is 5.32 Å².